The number of Topliss-reactive ketones (excluding diaryl/α,β-unsaturated/α-hetero) is 2. The number of rotatable bonds is 4. The fourth-order valence-electron chi connectivity index (χ4n) is 3.46. The molecule has 0 aliphatic carbocycles. The molecular weight excluding hydrogens is 266 g/mol. The number of piperidine rings is 1. The van der Waals surface area contributed by atoms with Crippen molar-refractivity contribution in [2.75, 3.05) is 0 Å². The summed E-state index contributed by atoms with van der Waals surface area (Å²) < 4.78 is 0. The van der Waals surface area contributed by atoms with Crippen molar-refractivity contribution in [2.24, 2.45) is 11.3 Å². The predicted molar refractivity (Wildman–Crippen MR) is 83.2 cm³/mol. The molecule has 0 unspecified atom stereocenters. The van der Waals surface area contributed by atoms with Gasteiger partial charge in [0.1, 0.15) is 11.6 Å². The fraction of sp³-hybridized carbons (Fsp3) is 0.882. The molecule has 1 N–H and O–H groups in total. The molecular formula is C17H31NO3. The van der Waals surface area contributed by atoms with Gasteiger partial charge in [-0.25, -0.2) is 0 Å². The summed E-state index contributed by atoms with van der Waals surface area (Å²) in [5.74, 6) is 0.252. The molecule has 1 heterocycles. The van der Waals surface area contributed by atoms with Crippen LogP contribution >= 0.6 is 0 Å². The van der Waals surface area contributed by atoms with Crippen LogP contribution < -0.4 is 0 Å². The van der Waals surface area contributed by atoms with Gasteiger partial charge in [0.05, 0.1) is 6.42 Å². The van der Waals surface area contributed by atoms with E-state index in [0.29, 0.717) is 6.42 Å². The van der Waals surface area contributed by atoms with Crippen molar-refractivity contribution in [2.45, 2.75) is 85.2 Å². The molecule has 1 aliphatic rings. The third-order valence-electron chi connectivity index (χ3n) is 4.43. The Morgan fingerprint density at radius 2 is 1.52 bits per heavy atom. The highest BCUT2D eigenvalue weighted by molar-refractivity contribution is 6.01. The second-order valence-corrected chi connectivity index (χ2v) is 8.80. The predicted octanol–water partition coefficient (Wildman–Crippen LogP) is 3.61. The molecule has 4 heteroatoms. The zero-order chi connectivity index (χ0) is 16.6. The highest BCUT2D eigenvalue weighted by atomic mass is 16.5. The van der Waals surface area contributed by atoms with Gasteiger partial charge in [-0.2, -0.15) is 5.06 Å². The van der Waals surface area contributed by atoms with E-state index in [1.165, 1.54) is 5.06 Å². The molecule has 1 saturated heterocycles. The first-order chi connectivity index (χ1) is 9.25. The van der Waals surface area contributed by atoms with Crippen molar-refractivity contribution in [1.29, 1.82) is 0 Å². The van der Waals surface area contributed by atoms with E-state index in [-0.39, 0.29) is 35.0 Å². The minimum atomic E-state index is -0.456. The van der Waals surface area contributed by atoms with Gasteiger partial charge in [0.2, 0.25) is 0 Å². The van der Waals surface area contributed by atoms with Gasteiger partial charge < -0.3 is 5.21 Å². The number of ketones is 2. The maximum Gasteiger partial charge on any atom is 0.145 e. The highest BCUT2D eigenvalue weighted by Crippen LogP contribution is 2.41. The molecule has 0 aromatic heterocycles. The van der Waals surface area contributed by atoms with Crippen LogP contribution in [-0.2, 0) is 9.59 Å². The number of carbonyl (C=O) groups is 2. The smallest absolute Gasteiger partial charge is 0.145 e. The Morgan fingerprint density at radius 3 is 1.90 bits per heavy atom. The monoisotopic (exact) mass is 297 g/mol. The van der Waals surface area contributed by atoms with Gasteiger partial charge in [-0.3, -0.25) is 9.59 Å². The number of hydrogen-bond donors (Lipinski definition) is 1. The largest absolute Gasteiger partial charge is 0.313 e. The molecule has 4 nitrogen and oxygen atoms in total. The molecule has 21 heavy (non-hydrogen) atoms. The Morgan fingerprint density at radius 1 is 1.10 bits per heavy atom. The maximum absolute atomic E-state index is 12.2. The van der Waals surface area contributed by atoms with Crippen LogP contribution in [0.3, 0.4) is 0 Å². The van der Waals surface area contributed by atoms with Gasteiger partial charge in [0.15, 0.2) is 0 Å². The van der Waals surface area contributed by atoms with E-state index in [4.69, 9.17) is 0 Å². The van der Waals surface area contributed by atoms with Crippen molar-refractivity contribution in [1.82, 2.24) is 5.06 Å². The van der Waals surface area contributed by atoms with Gasteiger partial charge in [-0.05, 0) is 46.5 Å². The van der Waals surface area contributed by atoms with Crippen LogP contribution in [0.5, 0.6) is 0 Å². The molecule has 122 valence electrons. The molecule has 0 aromatic rings. The zero-order valence-corrected chi connectivity index (χ0v) is 14.6. The lowest BCUT2D eigenvalue weighted by atomic mass is 9.73. The van der Waals surface area contributed by atoms with E-state index >= 15 is 0 Å². The van der Waals surface area contributed by atoms with Crippen molar-refractivity contribution in [3.05, 3.63) is 0 Å². The van der Waals surface area contributed by atoms with Gasteiger partial charge in [-0.15, -0.1) is 0 Å². The molecule has 1 fully saturated rings. The Bertz CT molecular complexity index is 400. The fourth-order valence-corrected chi connectivity index (χ4v) is 3.46. The average Bonchev–Trinajstić information content (AvgIpc) is 2.23. The second-order valence-electron chi connectivity index (χ2n) is 8.80. The lowest BCUT2D eigenvalue weighted by Crippen LogP contribution is -2.59. The quantitative estimate of drug-likeness (QED) is 0.805. The van der Waals surface area contributed by atoms with Crippen LogP contribution in [0.25, 0.3) is 0 Å². The molecule has 0 aromatic carbocycles. The van der Waals surface area contributed by atoms with Gasteiger partial charge in [-0.1, -0.05) is 20.8 Å². The molecule has 0 radical (unpaired) electrons. The second kappa shape index (κ2) is 5.81. The topological polar surface area (TPSA) is 57.6 Å². The van der Waals surface area contributed by atoms with Gasteiger partial charge >= 0.3 is 0 Å². The van der Waals surface area contributed by atoms with Crippen LogP contribution in [0.15, 0.2) is 0 Å². The van der Waals surface area contributed by atoms with E-state index in [9.17, 15) is 14.8 Å². The Kier molecular flexibility index (Phi) is 5.06. The lowest BCUT2D eigenvalue weighted by Gasteiger charge is -2.51. The number of hydroxylamine groups is 2. The number of nitrogens with zero attached hydrogens (tertiary/aromatic N) is 1. The first kappa shape index (κ1) is 18.3. The SMILES string of the molecule is CC(C)(C)C(=O)CC(=O)CC1CC(C)(C)N(O)C(C)(C)C1. The number of hydrogen-bond acceptors (Lipinski definition) is 4. The summed E-state index contributed by atoms with van der Waals surface area (Å²) in [5.41, 5.74) is -1.15. The highest BCUT2D eigenvalue weighted by Gasteiger charge is 2.45. The van der Waals surface area contributed by atoms with Crippen molar-refractivity contribution >= 4 is 11.6 Å². The van der Waals surface area contributed by atoms with E-state index in [2.05, 4.69) is 0 Å². The minimum absolute atomic E-state index is 0.00520. The summed E-state index contributed by atoms with van der Waals surface area (Å²) in [6.07, 6.45) is 2.00. The Labute approximate surface area is 128 Å². The summed E-state index contributed by atoms with van der Waals surface area (Å²) in [5, 5.41) is 11.7. The maximum atomic E-state index is 12.2. The zero-order valence-electron chi connectivity index (χ0n) is 14.6. The molecule has 0 bridgehead atoms. The van der Waals surface area contributed by atoms with Crippen molar-refractivity contribution in [3.8, 4) is 0 Å². The first-order valence-corrected chi connectivity index (χ1v) is 7.80. The van der Waals surface area contributed by atoms with E-state index < -0.39 is 5.41 Å². The van der Waals surface area contributed by atoms with Crippen LogP contribution in [0.4, 0.5) is 0 Å². The Balaban J connectivity index is 2.68. The molecule has 1 rings (SSSR count). The van der Waals surface area contributed by atoms with Gasteiger partial charge in [0.25, 0.3) is 0 Å². The molecule has 0 amide bonds. The van der Waals surface area contributed by atoms with Crippen LogP contribution in [-0.4, -0.2) is 32.9 Å². The minimum Gasteiger partial charge on any atom is -0.313 e. The van der Waals surface area contributed by atoms with Crippen molar-refractivity contribution < 1.29 is 14.8 Å². The molecule has 0 spiro atoms. The standard InChI is InChI=1S/C17H31NO3/c1-15(2,3)14(20)9-13(19)8-12-10-16(4,5)18(21)17(6,7)11-12/h12,21H,8-11H2,1-7H3. The molecule has 0 saturated carbocycles. The third kappa shape index (κ3) is 4.62. The summed E-state index contributed by atoms with van der Waals surface area (Å²) in [6.45, 7) is 13.5. The summed E-state index contributed by atoms with van der Waals surface area (Å²) >= 11 is 0. The summed E-state index contributed by atoms with van der Waals surface area (Å²) in [6, 6.07) is 0. The molecule has 0 atom stereocenters. The summed E-state index contributed by atoms with van der Waals surface area (Å²) in [4.78, 5) is 24.1. The van der Waals surface area contributed by atoms with E-state index in [1.54, 1.807) is 0 Å². The first-order valence-electron chi connectivity index (χ1n) is 7.80. The molecule has 1 aliphatic heterocycles. The van der Waals surface area contributed by atoms with Gasteiger partial charge in [0, 0.05) is 22.9 Å². The summed E-state index contributed by atoms with van der Waals surface area (Å²) in [7, 11) is 0. The van der Waals surface area contributed by atoms with Crippen LogP contribution in [0, 0.1) is 11.3 Å². The van der Waals surface area contributed by atoms with Crippen molar-refractivity contribution in [3.63, 3.8) is 0 Å². The lowest BCUT2D eigenvalue weighted by molar-refractivity contribution is -0.251. The normalized spacial score (nSPS) is 23.0. The number of carbonyl (C=O) groups excluding carboxylic acids is 2. The average molecular weight is 297 g/mol. The third-order valence-corrected chi connectivity index (χ3v) is 4.43. The van der Waals surface area contributed by atoms with Crippen LogP contribution in [0.1, 0.15) is 74.1 Å². The van der Waals surface area contributed by atoms with Crippen LogP contribution in [0.2, 0.25) is 0 Å². The Hall–Kier alpha value is -0.740. The van der Waals surface area contributed by atoms with E-state index in [1.807, 2.05) is 48.5 Å². The van der Waals surface area contributed by atoms with E-state index in [0.717, 1.165) is 12.8 Å².